The van der Waals surface area contributed by atoms with Gasteiger partial charge in [-0.2, -0.15) is 0 Å². The molecule has 0 bridgehead atoms. The highest BCUT2D eigenvalue weighted by Gasteiger charge is 2.22. The summed E-state index contributed by atoms with van der Waals surface area (Å²) in [5, 5.41) is 15.3. The van der Waals surface area contributed by atoms with Crippen molar-refractivity contribution in [3.05, 3.63) is 15.6 Å². The molecule has 0 aliphatic heterocycles. The van der Waals surface area contributed by atoms with E-state index in [1.165, 1.54) is 11.3 Å². The number of aromatic nitrogens is 1. The van der Waals surface area contributed by atoms with Gasteiger partial charge in [0, 0.05) is 4.88 Å². The van der Waals surface area contributed by atoms with Crippen molar-refractivity contribution in [2.45, 2.75) is 53.1 Å². The number of nitrogens with zero attached hydrogens (tertiary/aromatic N) is 1. The van der Waals surface area contributed by atoms with Gasteiger partial charge >= 0.3 is 12.0 Å². The molecule has 3 N–H and O–H groups in total. The van der Waals surface area contributed by atoms with Crippen LogP contribution in [0.1, 0.15) is 48.8 Å². The zero-order chi connectivity index (χ0) is 16.2. The van der Waals surface area contributed by atoms with E-state index in [2.05, 4.69) is 15.6 Å². The first-order chi connectivity index (χ1) is 9.70. The van der Waals surface area contributed by atoms with Gasteiger partial charge in [0.25, 0.3) is 0 Å². The fraction of sp³-hybridized carbons (Fsp3) is 0.643. The second kappa shape index (κ2) is 7.40. The van der Waals surface area contributed by atoms with Gasteiger partial charge < -0.3 is 15.7 Å². The molecule has 21 heavy (non-hydrogen) atoms. The largest absolute Gasteiger partial charge is 0.480 e. The highest BCUT2D eigenvalue weighted by molar-refractivity contribution is 7.11. The van der Waals surface area contributed by atoms with Crippen molar-refractivity contribution in [2.75, 3.05) is 0 Å². The molecule has 1 aromatic heterocycles. The van der Waals surface area contributed by atoms with Gasteiger partial charge in [-0.05, 0) is 33.1 Å². The molecule has 2 amide bonds. The van der Waals surface area contributed by atoms with E-state index in [0.29, 0.717) is 6.42 Å². The van der Waals surface area contributed by atoms with Gasteiger partial charge in [0.2, 0.25) is 0 Å². The van der Waals surface area contributed by atoms with Crippen LogP contribution in [0.2, 0.25) is 0 Å². The summed E-state index contributed by atoms with van der Waals surface area (Å²) in [6, 6.07) is -1.55. The third-order valence-electron chi connectivity index (χ3n) is 2.99. The molecule has 1 rings (SSSR count). The number of amides is 2. The van der Waals surface area contributed by atoms with Crippen molar-refractivity contribution in [1.82, 2.24) is 15.6 Å². The zero-order valence-electron chi connectivity index (χ0n) is 13.1. The third-order valence-corrected chi connectivity index (χ3v) is 4.25. The van der Waals surface area contributed by atoms with Crippen LogP contribution in [0.3, 0.4) is 0 Å². The molecule has 0 aliphatic rings. The van der Waals surface area contributed by atoms with Crippen molar-refractivity contribution in [1.29, 1.82) is 0 Å². The average molecular weight is 313 g/mol. The molecule has 0 saturated heterocycles. The van der Waals surface area contributed by atoms with Gasteiger partial charge in [-0.15, -0.1) is 11.3 Å². The Kier molecular flexibility index (Phi) is 6.14. The Bertz CT molecular complexity index is 514. The SMILES string of the molecule is Cc1nc(C)c(C(C)NC(=O)N[C@H](CC(C)C)C(=O)O)s1. The normalized spacial score (nSPS) is 13.8. The minimum absolute atomic E-state index is 0.190. The smallest absolute Gasteiger partial charge is 0.326 e. The van der Waals surface area contributed by atoms with Crippen LogP contribution in [0, 0.1) is 19.8 Å². The summed E-state index contributed by atoms with van der Waals surface area (Å²) in [5.74, 6) is -0.827. The van der Waals surface area contributed by atoms with Crippen molar-refractivity contribution in [3.8, 4) is 0 Å². The molecule has 1 unspecified atom stereocenters. The summed E-state index contributed by atoms with van der Waals surface area (Å²) in [5.41, 5.74) is 0.891. The second-order valence-electron chi connectivity index (χ2n) is 5.54. The summed E-state index contributed by atoms with van der Waals surface area (Å²) < 4.78 is 0. The number of carbonyl (C=O) groups is 2. The van der Waals surface area contributed by atoms with Gasteiger partial charge in [-0.1, -0.05) is 13.8 Å². The maximum atomic E-state index is 11.9. The van der Waals surface area contributed by atoms with Crippen LogP contribution >= 0.6 is 11.3 Å². The molecule has 0 radical (unpaired) electrons. The summed E-state index contributed by atoms with van der Waals surface area (Å²) in [6.07, 6.45) is 0.399. The van der Waals surface area contributed by atoms with E-state index in [-0.39, 0.29) is 12.0 Å². The van der Waals surface area contributed by atoms with Crippen molar-refractivity contribution >= 4 is 23.3 Å². The molecule has 0 aromatic carbocycles. The Morgan fingerprint density at radius 2 is 1.86 bits per heavy atom. The Hall–Kier alpha value is -1.63. The first-order valence-electron chi connectivity index (χ1n) is 6.94. The summed E-state index contributed by atoms with van der Waals surface area (Å²) in [4.78, 5) is 28.4. The number of carboxylic acid groups (broad SMARTS) is 1. The van der Waals surface area contributed by atoms with Gasteiger partial charge in [-0.25, -0.2) is 14.6 Å². The lowest BCUT2D eigenvalue weighted by molar-refractivity contribution is -0.139. The van der Waals surface area contributed by atoms with Gasteiger partial charge in [0.05, 0.1) is 16.7 Å². The van der Waals surface area contributed by atoms with Crippen LogP contribution in [-0.2, 0) is 4.79 Å². The Balaban J connectivity index is 2.63. The van der Waals surface area contributed by atoms with E-state index >= 15 is 0 Å². The molecule has 7 heteroatoms. The number of aliphatic carboxylic acids is 1. The van der Waals surface area contributed by atoms with E-state index < -0.39 is 18.0 Å². The van der Waals surface area contributed by atoms with Crippen LogP contribution in [0.4, 0.5) is 4.79 Å². The van der Waals surface area contributed by atoms with Gasteiger partial charge in [0.1, 0.15) is 6.04 Å². The van der Waals surface area contributed by atoms with Crippen LogP contribution in [0.15, 0.2) is 0 Å². The van der Waals surface area contributed by atoms with Crippen molar-refractivity contribution in [2.24, 2.45) is 5.92 Å². The molecule has 0 fully saturated rings. The molecule has 2 atom stereocenters. The number of carbonyl (C=O) groups excluding carboxylic acids is 1. The highest BCUT2D eigenvalue weighted by Crippen LogP contribution is 2.24. The predicted octanol–water partition coefficient (Wildman–Crippen LogP) is 2.62. The van der Waals surface area contributed by atoms with Crippen molar-refractivity contribution < 1.29 is 14.7 Å². The highest BCUT2D eigenvalue weighted by atomic mass is 32.1. The molecule has 6 nitrogen and oxygen atoms in total. The minimum atomic E-state index is -1.02. The summed E-state index contributed by atoms with van der Waals surface area (Å²) in [7, 11) is 0. The number of nitrogens with one attached hydrogen (secondary N) is 2. The molecule has 0 aliphatic carbocycles. The fourth-order valence-electron chi connectivity index (χ4n) is 2.10. The maximum absolute atomic E-state index is 11.9. The Morgan fingerprint density at radius 3 is 2.29 bits per heavy atom. The van der Waals surface area contributed by atoms with Crippen LogP contribution in [-0.4, -0.2) is 28.1 Å². The lowest BCUT2D eigenvalue weighted by atomic mass is 10.0. The molecule has 0 saturated carbocycles. The molecule has 0 spiro atoms. The zero-order valence-corrected chi connectivity index (χ0v) is 13.9. The maximum Gasteiger partial charge on any atom is 0.326 e. The number of thiazole rings is 1. The van der Waals surface area contributed by atoms with E-state index in [1.807, 2.05) is 34.6 Å². The first kappa shape index (κ1) is 17.4. The number of carboxylic acids is 1. The van der Waals surface area contributed by atoms with Crippen LogP contribution < -0.4 is 10.6 Å². The number of rotatable bonds is 6. The monoisotopic (exact) mass is 313 g/mol. The predicted molar refractivity (Wildman–Crippen MR) is 82.5 cm³/mol. The second-order valence-corrected chi connectivity index (χ2v) is 6.78. The first-order valence-corrected chi connectivity index (χ1v) is 7.76. The topological polar surface area (TPSA) is 91.3 Å². The lowest BCUT2D eigenvalue weighted by Gasteiger charge is -2.19. The summed E-state index contributed by atoms with van der Waals surface area (Å²) in [6.45, 7) is 9.51. The van der Waals surface area contributed by atoms with E-state index in [4.69, 9.17) is 5.11 Å². The summed E-state index contributed by atoms with van der Waals surface area (Å²) >= 11 is 1.53. The quantitative estimate of drug-likeness (QED) is 0.753. The molecular formula is C14H23N3O3S. The number of hydrogen-bond donors (Lipinski definition) is 3. The lowest BCUT2D eigenvalue weighted by Crippen LogP contribution is -2.47. The minimum Gasteiger partial charge on any atom is -0.480 e. The Labute approximate surface area is 129 Å². The van der Waals surface area contributed by atoms with E-state index in [9.17, 15) is 9.59 Å². The van der Waals surface area contributed by atoms with Crippen LogP contribution in [0.25, 0.3) is 0 Å². The molecule has 118 valence electrons. The fourth-order valence-corrected chi connectivity index (χ4v) is 3.03. The molecule has 1 heterocycles. The van der Waals surface area contributed by atoms with Crippen LogP contribution in [0.5, 0.6) is 0 Å². The molecule has 1 aromatic rings. The Morgan fingerprint density at radius 1 is 1.24 bits per heavy atom. The van der Waals surface area contributed by atoms with Crippen molar-refractivity contribution in [3.63, 3.8) is 0 Å². The van der Waals surface area contributed by atoms with E-state index in [0.717, 1.165) is 15.6 Å². The van der Waals surface area contributed by atoms with Gasteiger partial charge in [0.15, 0.2) is 0 Å². The number of aryl methyl sites for hydroxylation is 2. The standard InChI is InChI=1S/C14H23N3O3S/c1-7(2)6-11(13(18)19)17-14(20)16-9(4)12-8(3)15-10(5)21-12/h7,9,11H,6H2,1-5H3,(H,18,19)(H2,16,17,20)/t9?,11-/m1/s1. The van der Waals surface area contributed by atoms with E-state index in [1.54, 1.807) is 0 Å². The number of hydrogen-bond acceptors (Lipinski definition) is 4. The van der Waals surface area contributed by atoms with Gasteiger partial charge in [-0.3, -0.25) is 0 Å². The average Bonchev–Trinajstić information content (AvgIpc) is 2.66. The molecular weight excluding hydrogens is 290 g/mol. The third kappa shape index (κ3) is 5.34. The number of urea groups is 1.